The number of cyclic esters (lactones) is 1. The first-order chi connectivity index (χ1) is 23.2. The number of ketones is 1. The van der Waals surface area contributed by atoms with Crippen LogP contribution < -0.4 is 5.32 Å². The van der Waals surface area contributed by atoms with Crippen molar-refractivity contribution in [3.63, 3.8) is 0 Å². The molecule has 3 rings (SSSR count). The van der Waals surface area contributed by atoms with E-state index in [1.54, 1.807) is 41.9 Å². The fourth-order valence-electron chi connectivity index (χ4n) is 7.97. The van der Waals surface area contributed by atoms with E-state index in [2.05, 4.69) is 5.32 Å². The summed E-state index contributed by atoms with van der Waals surface area (Å²) >= 11 is 0. The molecule has 0 aromatic carbocycles. The SMILES string of the molecule is CC[C@H]1OC(=O)C[C@@H](OC2CC(C)(OC)C(C)C(O)O2)[C@H](C)[C@@H](O[C@@H]2O[C@H](C)C[C@H](NC)[C@H]2O)[C@@](C)(OC)C[C@@H](C)C(=O)[C@H](C)[C@@H](O)[C@]1(C)O. The van der Waals surface area contributed by atoms with Crippen LogP contribution >= 0.6 is 0 Å². The molecule has 0 aliphatic carbocycles. The van der Waals surface area contributed by atoms with Crippen LogP contribution in [0.5, 0.6) is 0 Å². The minimum Gasteiger partial charge on any atom is -0.459 e. The number of hydrogen-bond donors (Lipinski definition) is 5. The third-order valence-electron chi connectivity index (χ3n) is 11.9. The predicted octanol–water partition coefficient (Wildman–Crippen LogP) is 2.06. The summed E-state index contributed by atoms with van der Waals surface area (Å²) in [5.41, 5.74) is -4.02. The van der Waals surface area contributed by atoms with E-state index < -0.39 is 89.9 Å². The lowest BCUT2D eigenvalue weighted by molar-refractivity contribution is -0.334. The first-order valence-electron chi connectivity index (χ1n) is 18.1. The molecule has 0 radical (unpaired) electrons. The molecule has 0 aromatic heterocycles. The van der Waals surface area contributed by atoms with E-state index in [0.29, 0.717) is 6.42 Å². The molecule has 3 saturated heterocycles. The lowest BCUT2D eigenvalue weighted by Gasteiger charge is -2.48. The summed E-state index contributed by atoms with van der Waals surface area (Å²) in [4.78, 5) is 27.7. The summed E-state index contributed by atoms with van der Waals surface area (Å²) in [5.74, 6) is -3.87. The van der Waals surface area contributed by atoms with Crippen LogP contribution in [-0.4, -0.2) is 132 Å². The third-order valence-corrected chi connectivity index (χ3v) is 11.9. The molecule has 5 N–H and O–H groups in total. The van der Waals surface area contributed by atoms with Crippen molar-refractivity contribution in [2.45, 2.75) is 173 Å². The van der Waals surface area contributed by atoms with Crippen LogP contribution in [0.4, 0.5) is 0 Å². The molecule has 0 amide bonds. The maximum absolute atomic E-state index is 13.9. The van der Waals surface area contributed by atoms with Gasteiger partial charge in [-0.15, -0.1) is 0 Å². The zero-order valence-corrected chi connectivity index (χ0v) is 32.1. The van der Waals surface area contributed by atoms with E-state index in [4.69, 9.17) is 33.2 Å². The minimum atomic E-state index is -1.95. The van der Waals surface area contributed by atoms with Crippen LogP contribution in [-0.2, 0) is 42.7 Å². The number of aliphatic hydroxyl groups excluding tert-OH is 3. The normalized spacial score (nSPS) is 48.9. The van der Waals surface area contributed by atoms with Crippen molar-refractivity contribution in [1.29, 1.82) is 0 Å². The molecule has 14 heteroatoms. The lowest BCUT2D eigenvalue weighted by atomic mass is 9.74. The van der Waals surface area contributed by atoms with Gasteiger partial charge >= 0.3 is 5.97 Å². The Morgan fingerprint density at radius 2 is 1.54 bits per heavy atom. The Bertz CT molecular complexity index is 1130. The van der Waals surface area contributed by atoms with Gasteiger partial charge in [0.2, 0.25) is 0 Å². The van der Waals surface area contributed by atoms with Crippen molar-refractivity contribution in [3.05, 3.63) is 0 Å². The molecule has 0 saturated carbocycles. The largest absolute Gasteiger partial charge is 0.459 e. The fraction of sp³-hybridized carbons (Fsp3) is 0.944. The Morgan fingerprint density at radius 3 is 2.10 bits per heavy atom. The first-order valence-corrected chi connectivity index (χ1v) is 18.1. The Labute approximate surface area is 297 Å². The van der Waals surface area contributed by atoms with Crippen LogP contribution in [0.1, 0.15) is 94.4 Å². The number of carbonyl (C=O) groups excluding carboxylic acids is 2. The van der Waals surface area contributed by atoms with Crippen LogP contribution in [0, 0.1) is 23.7 Å². The Kier molecular flexibility index (Phi) is 14.9. The Morgan fingerprint density at radius 1 is 0.920 bits per heavy atom. The van der Waals surface area contributed by atoms with Gasteiger partial charge in [0.05, 0.1) is 42.0 Å². The summed E-state index contributed by atoms with van der Waals surface area (Å²) in [6, 6.07) is -0.333. The van der Waals surface area contributed by atoms with E-state index >= 15 is 0 Å². The highest BCUT2D eigenvalue weighted by atomic mass is 16.7. The van der Waals surface area contributed by atoms with E-state index in [9.17, 15) is 30.0 Å². The number of methoxy groups -OCH3 is 2. The molecule has 17 atom stereocenters. The van der Waals surface area contributed by atoms with Crippen molar-refractivity contribution in [3.8, 4) is 0 Å². The molecule has 50 heavy (non-hydrogen) atoms. The number of rotatable bonds is 8. The molecule has 4 unspecified atom stereocenters. The van der Waals surface area contributed by atoms with E-state index in [1.807, 2.05) is 27.7 Å². The van der Waals surface area contributed by atoms with Gasteiger partial charge in [0, 0.05) is 50.4 Å². The number of esters is 1. The summed E-state index contributed by atoms with van der Waals surface area (Å²) in [7, 11) is 4.79. The number of Topliss-reactive ketones (excluding diaryl/α,β-unsaturated/α-hetero) is 1. The quantitative estimate of drug-likeness (QED) is 0.229. The Hall–Kier alpha value is -1.30. The number of carbonyl (C=O) groups is 2. The molecule has 0 bridgehead atoms. The lowest BCUT2D eigenvalue weighted by Crippen LogP contribution is -2.60. The van der Waals surface area contributed by atoms with Crippen molar-refractivity contribution >= 4 is 11.8 Å². The third kappa shape index (κ3) is 9.25. The van der Waals surface area contributed by atoms with E-state index in [1.165, 1.54) is 14.0 Å². The van der Waals surface area contributed by atoms with Gasteiger partial charge < -0.3 is 58.9 Å². The maximum Gasteiger partial charge on any atom is 0.308 e. The number of aliphatic hydroxyl groups is 4. The second-order valence-electron chi connectivity index (χ2n) is 15.6. The highest BCUT2D eigenvalue weighted by molar-refractivity contribution is 5.83. The molecule has 0 spiro atoms. The van der Waals surface area contributed by atoms with Crippen molar-refractivity contribution in [1.82, 2.24) is 5.32 Å². The molecule has 0 aromatic rings. The highest BCUT2D eigenvalue weighted by Gasteiger charge is 2.52. The number of hydrogen-bond acceptors (Lipinski definition) is 14. The van der Waals surface area contributed by atoms with Gasteiger partial charge in [-0.1, -0.05) is 34.6 Å². The molecule has 292 valence electrons. The van der Waals surface area contributed by atoms with Gasteiger partial charge in [-0.05, 0) is 54.0 Å². The second-order valence-corrected chi connectivity index (χ2v) is 15.6. The highest BCUT2D eigenvalue weighted by Crippen LogP contribution is 2.41. The number of nitrogens with one attached hydrogen (secondary N) is 1. The van der Waals surface area contributed by atoms with Gasteiger partial charge in [0.25, 0.3) is 0 Å². The van der Waals surface area contributed by atoms with Crippen LogP contribution in [0.15, 0.2) is 0 Å². The predicted molar refractivity (Wildman–Crippen MR) is 182 cm³/mol. The minimum absolute atomic E-state index is 0.108. The number of likely N-dealkylation sites (N-methyl/N-ethyl adjacent to an activating group) is 1. The summed E-state index contributed by atoms with van der Waals surface area (Å²) in [6.45, 7) is 15.5. The smallest absolute Gasteiger partial charge is 0.308 e. The van der Waals surface area contributed by atoms with Crippen molar-refractivity contribution < 1.29 is 63.2 Å². The molecule has 3 fully saturated rings. The van der Waals surface area contributed by atoms with Crippen molar-refractivity contribution in [2.24, 2.45) is 23.7 Å². The Balaban J connectivity index is 2.16. The summed E-state index contributed by atoms with van der Waals surface area (Å²) in [5, 5.41) is 48.1. The monoisotopic (exact) mass is 719 g/mol. The number of ether oxygens (including phenoxy) is 7. The van der Waals surface area contributed by atoms with E-state index in [-0.39, 0.29) is 49.5 Å². The fourth-order valence-corrected chi connectivity index (χ4v) is 7.97. The maximum atomic E-state index is 13.9. The standard InChI is InChI=1S/C36H65NO13/c1-13-25-36(9,43)30(41)21(5)28(39)18(2)16-35(8,45-12)31(50-33-29(40)23(37-10)14-19(3)46-33)20(4)24(15-26(38)48-25)47-27-17-34(7,44-11)22(6)32(42)49-27/h18-25,27,29-33,37,40-43H,13-17H2,1-12H3/t18-,19-,20+,21+,22?,23+,24-,25-,27?,29-,30-,31-,32?,33+,34?,35+,36-/m1/s1. The van der Waals surface area contributed by atoms with E-state index in [0.717, 1.165) is 0 Å². The van der Waals surface area contributed by atoms with Gasteiger partial charge in [-0.3, -0.25) is 9.59 Å². The van der Waals surface area contributed by atoms with Gasteiger partial charge in [-0.25, -0.2) is 0 Å². The average molecular weight is 720 g/mol. The summed E-state index contributed by atoms with van der Waals surface area (Å²) < 4.78 is 43.1. The van der Waals surface area contributed by atoms with Gasteiger partial charge in [0.15, 0.2) is 18.9 Å². The average Bonchev–Trinajstić information content (AvgIpc) is 3.07. The van der Waals surface area contributed by atoms with Crippen molar-refractivity contribution in [2.75, 3.05) is 21.3 Å². The molecule has 3 heterocycles. The molecular formula is C36H65NO13. The molecule has 3 aliphatic heterocycles. The van der Waals surface area contributed by atoms with Gasteiger partial charge in [-0.2, -0.15) is 0 Å². The zero-order chi connectivity index (χ0) is 37.9. The van der Waals surface area contributed by atoms with Crippen LogP contribution in [0.2, 0.25) is 0 Å². The first kappa shape index (κ1) is 43.1. The van der Waals surface area contributed by atoms with Crippen LogP contribution in [0.3, 0.4) is 0 Å². The summed E-state index contributed by atoms with van der Waals surface area (Å²) in [6.07, 6.45) is -8.66. The topological polar surface area (TPSA) is 192 Å². The molecular weight excluding hydrogens is 654 g/mol. The second kappa shape index (κ2) is 17.2. The molecule has 14 nitrogen and oxygen atoms in total. The zero-order valence-electron chi connectivity index (χ0n) is 32.1. The molecule has 3 aliphatic rings. The van der Waals surface area contributed by atoms with Gasteiger partial charge in [0.1, 0.15) is 23.6 Å². The van der Waals surface area contributed by atoms with Crippen LogP contribution in [0.25, 0.3) is 0 Å².